The van der Waals surface area contributed by atoms with Crippen molar-refractivity contribution in [1.29, 1.82) is 0 Å². The number of thiazole rings is 1. The predicted octanol–water partition coefficient (Wildman–Crippen LogP) is 3.37. The number of anilines is 2. The quantitative estimate of drug-likeness (QED) is 0.846. The topological polar surface area (TPSA) is 79.3 Å². The van der Waals surface area contributed by atoms with Crippen LogP contribution in [0.4, 0.5) is 19.6 Å². The first-order valence-electron chi connectivity index (χ1n) is 5.78. The van der Waals surface area contributed by atoms with Gasteiger partial charge in [0, 0.05) is 6.92 Å². The summed E-state index contributed by atoms with van der Waals surface area (Å²) in [5.41, 5.74) is -0.653. The van der Waals surface area contributed by atoms with Crippen LogP contribution in [0, 0.1) is 18.6 Å². The van der Waals surface area contributed by atoms with Gasteiger partial charge in [-0.1, -0.05) is 17.4 Å². The van der Waals surface area contributed by atoms with E-state index in [2.05, 4.69) is 10.3 Å². The first-order valence-corrected chi connectivity index (χ1v) is 6.59. The summed E-state index contributed by atoms with van der Waals surface area (Å²) in [5.74, 6) is -3.50. The first-order chi connectivity index (χ1) is 9.81. The van der Waals surface area contributed by atoms with Crippen molar-refractivity contribution in [3.05, 3.63) is 39.9 Å². The Morgan fingerprint density at radius 3 is 2.52 bits per heavy atom. The highest BCUT2D eigenvalue weighted by atomic mass is 32.1. The maximum Gasteiger partial charge on any atom is 0.356 e. The standard InChI is InChI=1S/C13H10F2N2O3S/c1-5-3-4-7(14)9(8(5)15)16-13-17-10(12(19)20)11(21-13)6(2)18/h3-4H,1-2H3,(H,16,17)(H,19,20). The van der Waals surface area contributed by atoms with E-state index in [1.807, 2.05) is 0 Å². The number of hydrogen-bond acceptors (Lipinski definition) is 5. The molecule has 0 saturated carbocycles. The minimum Gasteiger partial charge on any atom is -0.476 e. The molecule has 0 saturated heterocycles. The monoisotopic (exact) mass is 312 g/mol. The lowest BCUT2D eigenvalue weighted by Crippen LogP contribution is -2.04. The minimum atomic E-state index is -1.38. The lowest BCUT2D eigenvalue weighted by molar-refractivity contribution is 0.0687. The van der Waals surface area contributed by atoms with Crippen LogP contribution in [0.15, 0.2) is 12.1 Å². The summed E-state index contributed by atoms with van der Waals surface area (Å²) in [6.45, 7) is 2.66. The van der Waals surface area contributed by atoms with E-state index in [0.717, 1.165) is 17.4 Å². The number of halogens is 2. The van der Waals surface area contributed by atoms with Crippen molar-refractivity contribution in [2.75, 3.05) is 5.32 Å². The first kappa shape index (κ1) is 15.0. The van der Waals surface area contributed by atoms with Crippen molar-refractivity contribution in [3.8, 4) is 0 Å². The van der Waals surface area contributed by atoms with Crippen molar-refractivity contribution in [2.24, 2.45) is 0 Å². The summed E-state index contributed by atoms with van der Waals surface area (Å²) in [5, 5.41) is 11.3. The van der Waals surface area contributed by atoms with E-state index in [1.54, 1.807) is 0 Å². The maximum atomic E-state index is 13.9. The van der Waals surface area contributed by atoms with Gasteiger partial charge in [0.1, 0.15) is 16.4 Å². The molecule has 2 aromatic rings. The largest absolute Gasteiger partial charge is 0.476 e. The number of carbonyl (C=O) groups excluding carboxylic acids is 1. The van der Waals surface area contributed by atoms with Crippen molar-refractivity contribution in [2.45, 2.75) is 13.8 Å². The van der Waals surface area contributed by atoms with Gasteiger partial charge in [-0.05, 0) is 18.6 Å². The summed E-state index contributed by atoms with van der Waals surface area (Å²) in [6.07, 6.45) is 0. The number of Topliss-reactive ketones (excluding diaryl/α,β-unsaturated/α-hetero) is 1. The molecule has 2 N–H and O–H groups in total. The van der Waals surface area contributed by atoms with E-state index < -0.39 is 34.8 Å². The van der Waals surface area contributed by atoms with Gasteiger partial charge in [0.15, 0.2) is 22.4 Å². The Morgan fingerprint density at radius 2 is 2.00 bits per heavy atom. The van der Waals surface area contributed by atoms with Gasteiger partial charge >= 0.3 is 5.97 Å². The zero-order chi connectivity index (χ0) is 15.7. The number of carboxylic acid groups (broad SMARTS) is 1. The van der Waals surface area contributed by atoms with Crippen LogP contribution in [0.25, 0.3) is 0 Å². The molecule has 110 valence electrons. The van der Waals surface area contributed by atoms with Gasteiger partial charge < -0.3 is 10.4 Å². The van der Waals surface area contributed by atoms with Crippen LogP contribution in [-0.4, -0.2) is 21.8 Å². The number of carbonyl (C=O) groups is 2. The molecule has 21 heavy (non-hydrogen) atoms. The highest BCUT2D eigenvalue weighted by Gasteiger charge is 2.22. The Balaban J connectivity index is 2.46. The van der Waals surface area contributed by atoms with Gasteiger partial charge in [-0.2, -0.15) is 0 Å². The maximum absolute atomic E-state index is 13.9. The highest BCUT2D eigenvalue weighted by Crippen LogP contribution is 2.30. The van der Waals surface area contributed by atoms with Crippen LogP contribution in [-0.2, 0) is 0 Å². The summed E-state index contributed by atoms with van der Waals surface area (Å²) >= 11 is 0.728. The summed E-state index contributed by atoms with van der Waals surface area (Å²) in [7, 11) is 0. The average molecular weight is 312 g/mol. The lowest BCUT2D eigenvalue weighted by atomic mass is 10.2. The molecule has 0 aliphatic carbocycles. The number of aryl methyl sites for hydroxylation is 1. The number of rotatable bonds is 4. The molecule has 0 unspecified atom stereocenters. The van der Waals surface area contributed by atoms with E-state index in [0.29, 0.717) is 0 Å². The van der Waals surface area contributed by atoms with Crippen molar-refractivity contribution < 1.29 is 23.5 Å². The lowest BCUT2D eigenvalue weighted by Gasteiger charge is -2.07. The molecular weight excluding hydrogens is 302 g/mol. The van der Waals surface area contributed by atoms with E-state index in [9.17, 15) is 18.4 Å². The molecule has 0 amide bonds. The Labute approximate surface area is 122 Å². The van der Waals surface area contributed by atoms with Crippen molar-refractivity contribution >= 4 is 33.9 Å². The molecule has 0 radical (unpaired) electrons. The predicted molar refractivity (Wildman–Crippen MR) is 73.5 cm³/mol. The smallest absolute Gasteiger partial charge is 0.356 e. The minimum absolute atomic E-state index is 0.0685. The fraction of sp³-hybridized carbons (Fsp3) is 0.154. The van der Waals surface area contributed by atoms with E-state index >= 15 is 0 Å². The third-order valence-corrected chi connectivity index (χ3v) is 3.74. The van der Waals surface area contributed by atoms with Crippen LogP contribution in [0.5, 0.6) is 0 Å². The number of carboxylic acids is 1. The Morgan fingerprint density at radius 1 is 1.33 bits per heavy atom. The number of benzene rings is 1. The second-order valence-corrected chi connectivity index (χ2v) is 5.24. The van der Waals surface area contributed by atoms with Gasteiger partial charge in [-0.15, -0.1) is 0 Å². The third-order valence-electron chi connectivity index (χ3n) is 2.67. The molecule has 1 aromatic heterocycles. The van der Waals surface area contributed by atoms with Gasteiger partial charge in [0.05, 0.1) is 0 Å². The molecular formula is C13H10F2N2O3S. The molecule has 0 fully saturated rings. The van der Waals surface area contributed by atoms with Gasteiger partial charge in [-0.3, -0.25) is 4.79 Å². The number of aromatic nitrogens is 1. The Hall–Kier alpha value is -2.35. The number of hydrogen-bond donors (Lipinski definition) is 2. The molecule has 8 heteroatoms. The SMILES string of the molecule is CC(=O)c1sc(Nc2c(F)ccc(C)c2F)nc1C(=O)O. The summed E-state index contributed by atoms with van der Waals surface area (Å²) < 4.78 is 27.5. The van der Waals surface area contributed by atoms with Crippen molar-refractivity contribution in [1.82, 2.24) is 4.98 Å². The van der Waals surface area contributed by atoms with Crippen LogP contribution in [0.1, 0.15) is 32.6 Å². The second kappa shape index (κ2) is 5.57. The van der Waals surface area contributed by atoms with Gasteiger partial charge in [0.25, 0.3) is 0 Å². The molecule has 0 atom stereocenters. The number of ketones is 1. The fourth-order valence-corrected chi connectivity index (χ4v) is 2.49. The summed E-state index contributed by atoms with van der Waals surface area (Å²) in [4.78, 5) is 26.0. The molecule has 2 rings (SSSR count). The van der Waals surface area contributed by atoms with Gasteiger partial charge in [-0.25, -0.2) is 18.6 Å². The van der Waals surface area contributed by atoms with Gasteiger partial charge in [0.2, 0.25) is 0 Å². The molecule has 0 aliphatic rings. The van der Waals surface area contributed by atoms with E-state index in [-0.39, 0.29) is 15.6 Å². The van der Waals surface area contributed by atoms with Crippen LogP contribution < -0.4 is 5.32 Å². The van der Waals surface area contributed by atoms with E-state index in [1.165, 1.54) is 19.9 Å². The van der Waals surface area contributed by atoms with E-state index in [4.69, 9.17) is 5.11 Å². The highest BCUT2D eigenvalue weighted by molar-refractivity contribution is 7.17. The zero-order valence-corrected chi connectivity index (χ0v) is 11.8. The molecule has 1 heterocycles. The van der Waals surface area contributed by atoms with Crippen LogP contribution in [0.3, 0.4) is 0 Å². The zero-order valence-electron chi connectivity index (χ0n) is 11.0. The summed E-state index contributed by atoms with van der Waals surface area (Å²) in [6, 6.07) is 2.36. The molecule has 1 aromatic carbocycles. The molecule has 0 aliphatic heterocycles. The molecule has 0 bridgehead atoms. The third kappa shape index (κ3) is 2.89. The number of nitrogens with one attached hydrogen (secondary N) is 1. The Kier molecular flexibility index (Phi) is 3.99. The molecule has 5 nitrogen and oxygen atoms in total. The normalized spacial score (nSPS) is 10.5. The number of aromatic carboxylic acids is 1. The van der Waals surface area contributed by atoms with Crippen LogP contribution >= 0.6 is 11.3 Å². The van der Waals surface area contributed by atoms with Crippen molar-refractivity contribution in [3.63, 3.8) is 0 Å². The second-order valence-electron chi connectivity index (χ2n) is 4.24. The molecule has 0 spiro atoms. The van der Waals surface area contributed by atoms with Crippen LogP contribution in [0.2, 0.25) is 0 Å². The number of nitrogens with zero attached hydrogens (tertiary/aromatic N) is 1. The average Bonchev–Trinajstić information content (AvgIpc) is 2.84. The fourth-order valence-electron chi connectivity index (χ4n) is 1.64. The Bertz CT molecular complexity index is 712.